The van der Waals surface area contributed by atoms with Crippen LogP contribution in [0.5, 0.6) is 23.1 Å². The average molecular weight is 406 g/mol. The molecule has 2 aromatic carbocycles. The Morgan fingerprint density at radius 2 is 1.97 bits per heavy atom. The second-order valence-electron chi connectivity index (χ2n) is 6.70. The summed E-state index contributed by atoms with van der Waals surface area (Å²) in [7, 11) is 1.52. The van der Waals surface area contributed by atoms with Gasteiger partial charge in [0, 0.05) is 29.1 Å². The number of nitriles is 1. The van der Waals surface area contributed by atoms with Crippen molar-refractivity contribution >= 4 is 21.8 Å². The van der Waals surface area contributed by atoms with E-state index in [9.17, 15) is 4.39 Å². The van der Waals surface area contributed by atoms with Crippen molar-refractivity contribution in [1.82, 2.24) is 15.0 Å². The molecule has 0 amide bonds. The van der Waals surface area contributed by atoms with Gasteiger partial charge in [-0.05, 0) is 37.6 Å². The summed E-state index contributed by atoms with van der Waals surface area (Å²) < 4.78 is 31.9. The molecular formula is C22H19FN4O3. The fourth-order valence-corrected chi connectivity index (χ4v) is 3.20. The number of methoxy groups -OCH3 is 1. The van der Waals surface area contributed by atoms with Crippen LogP contribution in [0, 0.1) is 24.1 Å². The summed E-state index contributed by atoms with van der Waals surface area (Å²) in [4.78, 5) is 11.5. The third-order valence-electron chi connectivity index (χ3n) is 4.62. The molecule has 0 saturated carbocycles. The number of halogens is 1. The lowest BCUT2D eigenvalue weighted by Crippen LogP contribution is -2.00. The van der Waals surface area contributed by atoms with Crippen LogP contribution >= 0.6 is 0 Å². The zero-order valence-electron chi connectivity index (χ0n) is 16.5. The first-order valence-corrected chi connectivity index (χ1v) is 9.39. The maximum Gasteiger partial charge on any atom is 0.230 e. The lowest BCUT2D eigenvalue weighted by molar-refractivity contribution is 0.291. The molecule has 0 saturated heterocycles. The highest BCUT2D eigenvalue weighted by molar-refractivity contribution is 5.87. The Hall–Kier alpha value is -3.86. The summed E-state index contributed by atoms with van der Waals surface area (Å²) in [6.45, 7) is 2.25. The number of nitrogens with zero attached hydrogens (tertiary/aromatic N) is 3. The van der Waals surface area contributed by atoms with Gasteiger partial charge in [0.05, 0.1) is 30.7 Å². The van der Waals surface area contributed by atoms with Crippen molar-refractivity contribution in [2.24, 2.45) is 0 Å². The number of fused-ring (bicyclic) bond motifs is 2. The van der Waals surface area contributed by atoms with Crippen LogP contribution in [0.25, 0.3) is 21.8 Å². The number of aromatic nitrogens is 3. The number of hydrogen-bond donors (Lipinski definition) is 1. The fourth-order valence-electron chi connectivity index (χ4n) is 3.20. The molecule has 4 aromatic rings. The number of aryl methyl sites for hydroxylation is 1. The molecule has 7 nitrogen and oxygen atoms in total. The summed E-state index contributed by atoms with van der Waals surface area (Å²) in [6, 6.07) is 10.5. The van der Waals surface area contributed by atoms with Crippen LogP contribution in [0.2, 0.25) is 0 Å². The minimum Gasteiger partial charge on any atom is -0.493 e. The lowest BCUT2D eigenvalue weighted by atomic mass is 10.2. The third kappa shape index (κ3) is 3.70. The largest absolute Gasteiger partial charge is 0.493 e. The van der Waals surface area contributed by atoms with Crippen molar-refractivity contribution in [2.75, 3.05) is 13.7 Å². The number of aromatic amines is 1. The third-order valence-corrected chi connectivity index (χ3v) is 4.62. The van der Waals surface area contributed by atoms with E-state index in [1.807, 2.05) is 6.92 Å². The minimum atomic E-state index is -0.465. The van der Waals surface area contributed by atoms with E-state index >= 15 is 0 Å². The van der Waals surface area contributed by atoms with Crippen molar-refractivity contribution in [3.05, 3.63) is 48.2 Å². The van der Waals surface area contributed by atoms with E-state index < -0.39 is 5.82 Å². The van der Waals surface area contributed by atoms with Crippen LogP contribution in [0.4, 0.5) is 4.39 Å². The Bertz CT molecular complexity index is 1260. The molecule has 152 valence electrons. The van der Waals surface area contributed by atoms with Gasteiger partial charge in [-0.1, -0.05) is 0 Å². The molecular weight excluding hydrogens is 387 g/mol. The van der Waals surface area contributed by atoms with E-state index in [0.29, 0.717) is 52.8 Å². The molecule has 0 radical (unpaired) electrons. The predicted octanol–water partition coefficient (Wildman–Crippen LogP) is 5.04. The van der Waals surface area contributed by atoms with Gasteiger partial charge < -0.3 is 19.2 Å². The van der Waals surface area contributed by atoms with E-state index in [2.05, 4.69) is 21.0 Å². The van der Waals surface area contributed by atoms with Crippen molar-refractivity contribution in [1.29, 1.82) is 5.26 Å². The van der Waals surface area contributed by atoms with Crippen molar-refractivity contribution in [2.45, 2.75) is 19.8 Å². The molecule has 2 aromatic heterocycles. The Kier molecular flexibility index (Phi) is 5.35. The SMILES string of the molecule is COc1cc2c(Oc3ccc4[nH]c(C)cc4c3F)ncnc2cc1OCCCC#N. The Balaban J connectivity index is 1.69. The molecule has 0 unspecified atom stereocenters. The molecule has 2 heterocycles. The summed E-state index contributed by atoms with van der Waals surface area (Å²) in [6.07, 6.45) is 2.36. The molecule has 0 fully saturated rings. The molecule has 0 aliphatic heterocycles. The number of nitrogens with one attached hydrogen (secondary N) is 1. The van der Waals surface area contributed by atoms with Crippen LogP contribution in [-0.4, -0.2) is 28.7 Å². The molecule has 4 rings (SSSR count). The van der Waals surface area contributed by atoms with E-state index in [1.165, 1.54) is 13.4 Å². The molecule has 1 N–H and O–H groups in total. The molecule has 30 heavy (non-hydrogen) atoms. The van der Waals surface area contributed by atoms with E-state index in [-0.39, 0.29) is 11.6 Å². The highest BCUT2D eigenvalue weighted by Crippen LogP contribution is 2.37. The van der Waals surface area contributed by atoms with Crippen molar-refractivity contribution in [3.63, 3.8) is 0 Å². The fraction of sp³-hybridized carbons (Fsp3) is 0.227. The van der Waals surface area contributed by atoms with Gasteiger partial charge in [-0.25, -0.2) is 14.4 Å². The summed E-state index contributed by atoms with van der Waals surface area (Å²) in [5.74, 6) is 0.782. The van der Waals surface area contributed by atoms with Crippen LogP contribution in [0.15, 0.2) is 36.7 Å². The highest BCUT2D eigenvalue weighted by Gasteiger charge is 2.16. The Labute approximate surface area is 172 Å². The number of hydrogen-bond acceptors (Lipinski definition) is 6. The highest BCUT2D eigenvalue weighted by atomic mass is 19.1. The standard InChI is InChI=1S/C22H19FN4O3/c1-13-9-14-16(27-13)5-6-18(21(14)23)30-22-15-10-19(28-2)20(29-8-4-3-7-24)11-17(15)25-12-26-22/h5-6,9-12,27H,3-4,8H2,1-2H3. The molecule has 0 atom stereocenters. The van der Waals surface area contributed by atoms with Crippen LogP contribution in [-0.2, 0) is 0 Å². The van der Waals surface area contributed by atoms with Gasteiger partial charge in [0.15, 0.2) is 23.1 Å². The Morgan fingerprint density at radius 1 is 1.10 bits per heavy atom. The normalized spacial score (nSPS) is 10.9. The van der Waals surface area contributed by atoms with Crippen molar-refractivity contribution in [3.8, 4) is 29.2 Å². The first-order chi connectivity index (χ1) is 14.6. The van der Waals surface area contributed by atoms with Gasteiger partial charge in [-0.2, -0.15) is 5.26 Å². The molecule has 0 spiro atoms. The number of rotatable bonds is 7. The van der Waals surface area contributed by atoms with Gasteiger partial charge >= 0.3 is 0 Å². The number of benzene rings is 2. The summed E-state index contributed by atoms with van der Waals surface area (Å²) in [5.41, 5.74) is 2.13. The van der Waals surface area contributed by atoms with Crippen LogP contribution in [0.1, 0.15) is 18.5 Å². The molecule has 0 aliphatic rings. The van der Waals surface area contributed by atoms with Crippen molar-refractivity contribution < 1.29 is 18.6 Å². The monoisotopic (exact) mass is 406 g/mol. The van der Waals surface area contributed by atoms with Gasteiger partial charge in [-0.3, -0.25) is 0 Å². The molecule has 0 bridgehead atoms. The molecule has 0 aliphatic carbocycles. The van der Waals surface area contributed by atoms with Crippen LogP contribution < -0.4 is 14.2 Å². The quantitative estimate of drug-likeness (QED) is 0.432. The average Bonchev–Trinajstić information content (AvgIpc) is 3.14. The maximum atomic E-state index is 14.9. The first kappa shape index (κ1) is 19.5. The lowest BCUT2D eigenvalue weighted by Gasteiger charge is -2.13. The zero-order valence-corrected chi connectivity index (χ0v) is 16.5. The summed E-state index contributed by atoms with van der Waals surface area (Å²) >= 11 is 0. The maximum absolute atomic E-state index is 14.9. The first-order valence-electron chi connectivity index (χ1n) is 9.39. The van der Waals surface area contributed by atoms with Crippen LogP contribution in [0.3, 0.4) is 0 Å². The predicted molar refractivity (Wildman–Crippen MR) is 109 cm³/mol. The number of H-pyrrole nitrogens is 1. The van der Waals surface area contributed by atoms with Gasteiger partial charge in [0.2, 0.25) is 5.88 Å². The van der Waals surface area contributed by atoms with Gasteiger partial charge in [0.25, 0.3) is 0 Å². The second kappa shape index (κ2) is 8.25. The number of ether oxygens (including phenoxy) is 3. The number of unbranched alkanes of at least 4 members (excludes halogenated alkanes) is 1. The minimum absolute atomic E-state index is 0.0669. The summed E-state index contributed by atoms with van der Waals surface area (Å²) in [5, 5.41) is 9.66. The topological polar surface area (TPSA) is 93.1 Å². The zero-order chi connectivity index (χ0) is 21.1. The van der Waals surface area contributed by atoms with Gasteiger partial charge in [-0.15, -0.1) is 0 Å². The van der Waals surface area contributed by atoms with E-state index in [1.54, 1.807) is 30.3 Å². The van der Waals surface area contributed by atoms with E-state index in [0.717, 1.165) is 5.69 Å². The Morgan fingerprint density at radius 3 is 2.77 bits per heavy atom. The second-order valence-corrected chi connectivity index (χ2v) is 6.70. The van der Waals surface area contributed by atoms with E-state index in [4.69, 9.17) is 19.5 Å². The molecule has 8 heteroatoms. The smallest absolute Gasteiger partial charge is 0.230 e. The van der Waals surface area contributed by atoms with Gasteiger partial charge in [0.1, 0.15) is 6.33 Å².